The number of likely N-dealkylation sites (N-methyl/N-ethyl adjacent to an activating group) is 1. The van der Waals surface area contributed by atoms with Gasteiger partial charge in [-0.1, -0.05) is 67.3 Å². The van der Waals surface area contributed by atoms with E-state index in [0.29, 0.717) is 5.70 Å². The predicted molar refractivity (Wildman–Crippen MR) is 121 cm³/mol. The Kier molecular flexibility index (Phi) is 8.12. The monoisotopic (exact) mass is 374 g/mol. The molecule has 0 radical (unpaired) electrons. The van der Waals surface area contributed by atoms with Gasteiger partial charge < -0.3 is 22.1 Å². The molecule has 1 heterocycles. The third-order valence-electron chi connectivity index (χ3n) is 4.42. The van der Waals surface area contributed by atoms with Gasteiger partial charge in [-0.3, -0.25) is 0 Å². The number of hydrogen-bond acceptors (Lipinski definition) is 4. The maximum Gasteiger partial charge on any atom is 0.0934 e. The number of rotatable bonds is 4. The van der Waals surface area contributed by atoms with E-state index in [0.717, 1.165) is 25.1 Å². The molecule has 1 aliphatic rings. The van der Waals surface area contributed by atoms with Gasteiger partial charge in [-0.05, 0) is 53.9 Å². The van der Waals surface area contributed by atoms with Crippen molar-refractivity contribution >= 4 is 11.8 Å². The summed E-state index contributed by atoms with van der Waals surface area (Å²) in [4.78, 5) is 2.31. The summed E-state index contributed by atoms with van der Waals surface area (Å²) in [6, 6.07) is 16.5. The lowest BCUT2D eigenvalue weighted by molar-refractivity contribution is 0.313. The SMILES string of the molecule is C=C/C=C\c1ccccc1.CN1CCc2ccc(/C(N)=C/C=C(N)N)cc2C1. The summed E-state index contributed by atoms with van der Waals surface area (Å²) in [7, 11) is 2.13. The second-order valence-electron chi connectivity index (χ2n) is 6.77. The van der Waals surface area contributed by atoms with Crippen LogP contribution in [0.1, 0.15) is 22.3 Å². The quantitative estimate of drug-likeness (QED) is 0.714. The van der Waals surface area contributed by atoms with Gasteiger partial charge in [-0.15, -0.1) is 0 Å². The van der Waals surface area contributed by atoms with Crippen LogP contribution in [0.5, 0.6) is 0 Å². The first-order chi connectivity index (χ1) is 13.5. The van der Waals surface area contributed by atoms with Gasteiger partial charge in [0, 0.05) is 18.8 Å². The molecule has 0 fully saturated rings. The van der Waals surface area contributed by atoms with Crippen LogP contribution in [0.25, 0.3) is 11.8 Å². The van der Waals surface area contributed by atoms with E-state index >= 15 is 0 Å². The third-order valence-corrected chi connectivity index (χ3v) is 4.42. The highest BCUT2D eigenvalue weighted by Gasteiger charge is 2.13. The van der Waals surface area contributed by atoms with E-state index in [1.54, 1.807) is 18.2 Å². The molecule has 0 spiro atoms. The van der Waals surface area contributed by atoms with E-state index in [1.165, 1.54) is 16.7 Å². The molecule has 0 atom stereocenters. The van der Waals surface area contributed by atoms with Gasteiger partial charge >= 0.3 is 0 Å². The number of hydrogen-bond donors (Lipinski definition) is 3. The van der Waals surface area contributed by atoms with Gasteiger partial charge in [0.05, 0.1) is 5.82 Å². The van der Waals surface area contributed by atoms with Crippen LogP contribution in [-0.4, -0.2) is 18.5 Å². The zero-order valence-electron chi connectivity index (χ0n) is 16.5. The molecule has 0 unspecified atom stereocenters. The third kappa shape index (κ3) is 6.82. The van der Waals surface area contributed by atoms with Crippen molar-refractivity contribution < 1.29 is 0 Å². The van der Waals surface area contributed by atoms with E-state index in [9.17, 15) is 0 Å². The molecule has 0 aromatic heterocycles. The standard InChI is InChI=1S/C14H20N4.C10H10/c1-18-7-6-10-2-3-11(8-12(10)9-18)13(15)4-5-14(16)17;1-2-3-7-10-8-5-4-6-9-10/h2-5,8H,6-7,9,15-17H2,1H3;2-9H,1H2/b13-4-;7-3-. The summed E-state index contributed by atoms with van der Waals surface area (Å²) in [6.45, 7) is 5.68. The first-order valence-corrected chi connectivity index (χ1v) is 9.33. The molecule has 0 bridgehead atoms. The Hall–Kier alpha value is -3.24. The Balaban J connectivity index is 0.000000237. The van der Waals surface area contributed by atoms with Crippen molar-refractivity contribution in [2.75, 3.05) is 13.6 Å². The minimum atomic E-state index is 0.260. The van der Waals surface area contributed by atoms with Crippen LogP contribution in [0.15, 0.2) is 85.2 Å². The lowest BCUT2D eigenvalue weighted by Gasteiger charge is -2.25. The maximum atomic E-state index is 6.00. The zero-order valence-corrected chi connectivity index (χ0v) is 16.5. The molecular formula is C24H30N4. The molecule has 2 aromatic rings. The summed E-state index contributed by atoms with van der Waals surface area (Å²) in [5, 5.41) is 0. The van der Waals surface area contributed by atoms with Gasteiger partial charge in [-0.25, -0.2) is 0 Å². The average molecular weight is 375 g/mol. The molecule has 6 N–H and O–H groups in total. The van der Waals surface area contributed by atoms with Crippen LogP contribution in [0.4, 0.5) is 0 Å². The van der Waals surface area contributed by atoms with Gasteiger partial charge in [0.1, 0.15) is 0 Å². The second-order valence-corrected chi connectivity index (χ2v) is 6.77. The lowest BCUT2D eigenvalue weighted by atomic mass is 9.96. The molecule has 4 heteroatoms. The van der Waals surface area contributed by atoms with Crippen LogP contribution in [0.2, 0.25) is 0 Å². The van der Waals surface area contributed by atoms with Crippen molar-refractivity contribution in [2.24, 2.45) is 17.2 Å². The van der Waals surface area contributed by atoms with Crippen molar-refractivity contribution in [3.63, 3.8) is 0 Å². The number of fused-ring (bicyclic) bond motifs is 1. The summed E-state index contributed by atoms with van der Waals surface area (Å²) in [6.07, 6.45) is 10.2. The number of allylic oxidation sites excluding steroid dienone is 4. The highest BCUT2D eigenvalue weighted by Crippen LogP contribution is 2.21. The van der Waals surface area contributed by atoms with Gasteiger partial charge in [-0.2, -0.15) is 0 Å². The molecular weight excluding hydrogens is 344 g/mol. The molecule has 4 nitrogen and oxygen atoms in total. The van der Waals surface area contributed by atoms with Gasteiger partial charge in [0.25, 0.3) is 0 Å². The number of nitrogens with two attached hydrogens (primary N) is 3. The Morgan fingerprint density at radius 2 is 1.75 bits per heavy atom. The minimum Gasteiger partial charge on any atom is -0.398 e. The van der Waals surface area contributed by atoms with Crippen LogP contribution >= 0.6 is 0 Å². The molecule has 3 rings (SSSR count). The Labute approximate surface area is 168 Å². The number of benzene rings is 2. The average Bonchev–Trinajstić information content (AvgIpc) is 2.71. The molecule has 0 saturated carbocycles. The first kappa shape index (κ1) is 21.1. The Morgan fingerprint density at radius 1 is 1.00 bits per heavy atom. The van der Waals surface area contributed by atoms with E-state index in [2.05, 4.69) is 48.9 Å². The van der Waals surface area contributed by atoms with Crippen molar-refractivity contribution in [3.05, 3.63) is 107 Å². The molecule has 0 aliphatic carbocycles. The van der Waals surface area contributed by atoms with Crippen molar-refractivity contribution in [1.82, 2.24) is 4.90 Å². The van der Waals surface area contributed by atoms with E-state index in [4.69, 9.17) is 17.2 Å². The smallest absolute Gasteiger partial charge is 0.0934 e. The molecule has 28 heavy (non-hydrogen) atoms. The molecule has 2 aromatic carbocycles. The molecule has 1 aliphatic heterocycles. The topological polar surface area (TPSA) is 81.3 Å². The largest absolute Gasteiger partial charge is 0.398 e. The lowest BCUT2D eigenvalue weighted by Crippen LogP contribution is -2.26. The molecule has 0 amide bonds. The van der Waals surface area contributed by atoms with Crippen LogP contribution in [0.3, 0.4) is 0 Å². The zero-order chi connectivity index (χ0) is 20.4. The van der Waals surface area contributed by atoms with Crippen LogP contribution in [0, 0.1) is 0 Å². The first-order valence-electron chi connectivity index (χ1n) is 9.33. The van der Waals surface area contributed by atoms with Crippen molar-refractivity contribution in [3.8, 4) is 0 Å². The van der Waals surface area contributed by atoms with E-state index in [1.807, 2.05) is 30.4 Å². The minimum absolute atomic E-state index is 0.260. The predicted octanol–water partition coefficient (Wildman–Crippen LogP) is 3.62. The summed E-state index contributed by atoms with van der Waals surface area (Å²) >= 11 is 0. The fourth-order valence-corrected chi connectivity index (χ4v) is 2.90. The summed E-state index contributed by atoms with van der Waals surface area (Å²) in [5.41, 5.74) is 22.4. The molecule has 146 valence electrons. The van der Waals surface area contributed by atoms with Crippen molar-refractivity contribution in [1.29, 1.82) is 0 Å². The van der Waals surface area contributed by atoms with Crippen LogP contribution in [-0.2, 0) is 13.0 Å². The second kappa shape index (κ2) is 10.8. The number of nitrogens with zero attached hydrogens (tertiary/aromatic N) is 1. The Morgan fingerprint density at radius 3 is 2.43 bits per heavy atom. The highest BCUT2D eigenvalue weighted by molar-refractivity contribution is 5.65. The Bertz CT molecular complexity index is 859. The van der Waals surface area contributed by atoms with Crippen LogP contribution < -0.4 is 17.2 Å². The fourth-order valence-electron chi connectivity index (χ4n) is 2.90. The normalized spacial score (nSPS) is 14.0. The van der Waals surface area contributed by atoms with Crippen molar-refractivity contribution in [2.45, 2.75) is 13.0 Å². The molecule has 0 saturated heterocycles. The van der Waals surface area contributed by atoms with Gasteiger partial charge in [0.15, 0.2) is 0 Å². The highest BCUT2D eigenvalue weighted by atomic mass is 15.1. The van der Waals surface area contributed by atoms with E-state index in [-0.39, 0.29) is 5.82 Å². The maximum absolute atomic E-state index is 6.00. The van der Waals surface area contributed by atoms with Gasteiger partial charge in [0.2, 0.25) is 0 Å². The van der Waals surface area contributed by atoms with E-state index < -0.39 is 0 Å². The summed E-state index contributed by atoms with van der Waals surface area (Å²) in [5.74, 6) is 0.260. The summed E-state index contributed by atoms with van der Waals surface area (Å²) < 4.78 is 0. The fraction of sp³-hybridized carbons (Fsp3) is 0.167.